The third kappa shape index (κ3) is 5.43. The van der Waals surface area contributed by atoms with Gasteiger partial charge in [0.1, 0.15) is 0 Å². The molecule has 42 valence electrons. The zero-order chi connectivity index (χ0) is 5.70. The molecule has 3 N–H and O–H groups in total. The van der Waals surface area contributed by atoms with Crippen LogP contribution in [0.2, 0.25) is 0 Å². The van der Waals surface area contributed by atoms with E-state index in [2.05, 4.69) is 0 Å². The van der Waals surface area contributed by atoms with Crippen LogP contribution in [-0.4, -0.2) is 17.6 Å². The summed E-state index contributed by atoms with van der Waals surface area (Å²) in [7, 11) is 0. The van der Waals surface area contributed by atoms with Gasteiger partial charge in [-0.3, -0.25) is 4.79 Å². The minimum absolute atomic E-state index is 0.191. The minimum Gasteiger partial charge on any atom is -0.481 e. The lowest BCUT2D eigenvalue weighted by atomic mass is 10.5. The first-order chi connectivity index (χ1) is 3.27. The highest BCUT2D eigenvalue weighted by atomic mass is 16.4. The van der Waals surface area contributed by atoms with Gasteiger partial charge in [0.25, 0.3) is 0 Å². The lowest BCUT2D eigenvalue weighted by Crippen LogP contribution is -2.02. The van der Waals surface area contributed by atoms with Crippen LogP contribution in [0.3, 0.4) is 0 Å². The molecular weight excluding hydrogens is 95.0 g/mol. The Bertz CT molecular complexity index is 62.7. The molecule has 0 rings (SSSR count). The van der Waals surface area contributed by atoms with Crippen LogP contribution < -0.4 is 5.73 Å². The third-order valence-corrected chi connectivity index (χ3v) is 0.595. The Morgan fingerprint density at radius 2 is 2.29 bits per heavy atom. The number of hydrogen-bond acceptors (Lipinski definition) is 2. The molecule has 0 atom stereocenters. The van der Waals surface area contributed by atoms with Crippen LogP contribution in [-0.2, 0) is 4.79 Å². The average Bonchev–Trinajstić information content (AvgIpc) is 1.61. The molecule has 0 aliphatic carbocycles. The fourth-order valence-electron chi connectivity index (χ4n) is 0.253. The standard InChI is InChI=1S/C4H9NO2/c5-3-1-2-4(6)7/h1-3,5H2,(H,6,7)/i2+1. The smallest absolute Gasteiger partial charge is 0.303 e. The van der Waals surface area contributed by atoms with Crippen molar-refractivity contribution in [3.05, 3.63) is 0 Å². The number of rotatable bonds is 3. The van der Waals surface area contributed by atoms with E-state index in [1.807, 2.05) is 0 Å². The van der Waals surface area contributed by atoms with Crippen molar-refractivity contribution in [3.63, 3.8) is 0 Å². The quantitative estimate of drug-likeness (QED) is 0.488. The van der Waals surface area contributed by atoms with Crippen molar-refractivity contribution in [1.29, 1.82) is 0 Å². The Morgan fingerprint density at radius 3 is 2.43 bits per heavy atom. The van der Waals surface area contributed by atoms with Gasteiger partial charge in [0, 0.05) is 6.42 Å². The summed E-state index contributed by atoms with van der Waals surface area (Å²) in [6.45, 7) is 0.465. The van der Waals surface area contributed by atoms with Crippen molar-refractivity contribution in [2.45, 2.75) is 12.8 Å². The van der Waals surface area contributed by atoms with Gasteiger partial charge in [-0.2, -0.15) is 0 Å². The van der Waals surface area contributed by atoms with Crippen molar-refractivity contribution in [1.82, 2.24) is 0 Å². The number of nitrogens with two attached hydrogens (primary N) is 1. The van der Waals surface area contributed by atoms with Gasteiger partial charge in [0.15, 0.2) is 0 Å². The zero-order valence-electron chi connectivity index (χ0n) is 4.05. The Kier molecular flexibility index (Phi) is 3.32. The molecule has 3 nitrogen and oxygen atoms in total. The summed E-state index contributed by atoms with van der Waals surface area (Å²) >= 11 is 0. The Labute approximate surface area is 42.1 Å². The van der Waals surface area contributed by atoms with Gasteiger partial charge in [-0.25, -0.2) is 0 Å². The normalized spacial score (nSPS) is 8.71. The largest absolute Gasteiger partial charge is 0.481 e. The van der Waals surface area contributed by atoms with Crippen LogP contribution in [0.5, 0.6) is 0 Å². The molecule has 0 saturated carbocycles. The van der Waals surface area contributed by atoms with Crippen molar-refractivity contribution in [2.75, 3.05) is 6.54 Å². The molecule has 0 spiro atoms. The number of carboxylic acids is 1. The van der Waals surface area contributed by atoms with Crippen LogP contribution in [0.1, 0.15) is 12.8 Å². The molecule has 0 aliphatic heterocycles. The first-order valence-electron chi connectivity index (χ1n) is 2.19. The predicted octanol–water partition coefficient (Wildman–Crippen LogP) is -0.190. The Hall–Kier alpha value is -0.570. The van der Waals surface area contributed by atoms with Gasteiger partial charge in [0.2, 0.25) is 0 Å². The highest BCUT2D eigenvalue weighted by Gasteiger charge is 1.91. The van der Waals surface area contributed by atoms with Crippen molar-refractivity contribution in [2.24, 2.45) is 5.73 Å². The van der Waals surface area contributed by atoms with E-state index in [1.54, 1.807) is 0 Å². The highest BCUT2D eigenvalue weighted by molar-refractivity contribution is 5.66. The topological polar surface area (TPSA) is 63.3 Å². The predicted molar refractivity (Wildman–Crippen MR) is 25.9 cm³/mol. The Morgan fingerprint density at radius 1 is 1.71 bits per heavy atom. The molecule has 0 aliphatic rings. The molecule has 0 aromatic heterocycles. The maximum atomic E-state index is 9.70. The lowest BCUT2D eigenvalue weighted by Gasteiger charge is -1.86. The van der Waals surface area contributed by atoms with Crippen molar-refractivity contribution in [3.8, 4) is 0 Å². The summed E-state index contributed by atoms with van der Waals surface area (Å²) in [6.07, 6.45) is 0.770. The Balaban J connectivity index is 2.82. The molecule has 0 unspecified atom stereocenters. The van der Waals surface area contributed by atoms with E-state index in [1.165, 1.54) is 0 Å². The van der Waals surface area contributed by atoms with Gasteiger partial charge in [-0.05, 0) is 13.0 Å². The molecule has 0 amide bonds. The number of aliphatic carboxylic acids is 1. The van der Waals surface area contributed by atoms with Crippen LogP contribution >= 0.6 is 0 Å². The maximum Gasteiger partial charge on any atom is 0.303 e. The molecular formula is C4H9NO2. The van der Waals surface area contributed by atoms with Crippen LogP contribution in [0.4, 0.5) is 0 Å². The summed E-state index contributed by atoms with van der Waals surface area (Å²) in [5.74, 6) is -0.773. The van der Waals surface area contributed by atoms with Gasteiger partial charge < -0.3 is 10.8 Å². The molecule has 0 aromatic rings. The monoisotopic (exact) mass is 104 g/mol. The molecule has 0 saturated heterocycles. The van der Waals surface area contributed by atoms with E-state index in [0.29, 0.717) is 13.0 Å². The van der Waals surface area contributed by atoms with E-state index in [4.69, 9.17) is 10.8 Å². The SMILES string of the molecule is NCC[13CH2]C(=O)O. The highest BCUT2D eigenvalue weighted by Crippen LogP contribution is 1.82. The summed E-state index contributed by atoms with van der Waals surface area (Å²) in [5.41, 5.74) is 5.01. The summed E-state index contributed by atoms with van der Waals surface area (Å²) in [5, 5.41) is 7.99. The van der Waals surface area contributed by atoms with Gasteiger partial charge in [-0.1, -0.05) is 0 Å². The van der Waals surface area contributed by atoms with Crippen molar-refractivity contribution < 1.29 is 9.90 Å². The molecule has 7 heavy (non-hydrogen) atoms. The first kappa shape index (κ1) is 6.43. The molecule has 0 radical (unpaired) electrons. The fraction of sp³-hybridized carbons (Fsp3) is 0.750. The lowest BCUT2D eigenvalue weighted by molar-refractivity contribution is -0.137. The van der Waals surface area contributed by atoms with Crippen LogP contribution in [0, 0.1) is 0 Å². The second-order valence-electron chi connectivity index (χ2n) is 1.29. The molecule has 0 heterocycles. The second-order valence-corrected chi connectivity index (χ2v) is 1.29. The average molecular weight is 104 g/mol. The first-order valence-corrected chi connectivity index (χ1v) is 2.19. The van der Waals surface area contributed by atoms with E-state index in [9.17, 15) is 4.79 Å². The van der Waals surface area contributed by atoms with E-state index < -0.39 is 5.97 Å². The summed E-state index contributed by atoms with van der Waals surface area (Å²) in [4.78, 5) is 9.70. The molecule has 3 heteroatoms. The van der Waals surface area contributed by atoms with Gasteiger partial charge >= 0.3 is 5.97 Å². The second kappa shape index (κ2) is 3.61. The number of carbonyl (C=O) groups is 1. The van der Waals surface area contributed by atoms with E-state index >= 15 is 0 Å². The zero-order valence-corrected chi connectivity index (χ0v) is 4.05. The van der Waals surface area contributed by atoms with Gasteiger partial charge in [0.05, 0.1) is 0 Å². The molecule has 0 aromatic carbocycles. The van der Waals surface area contributed by atoms with Crippen molar-refractivity contribution >= 4 is 5.97 Å². The molecule has 0 fully saturated rings. The maximum absolute atomic E-state index is 9.70. The van der Waals surface area contributed by atoms with Gasteiger partial charge in [-0.15, -0.1) is 0 Å². The van der Waals surface area contributed by atoms with E-state index in [0.717, 1.165) is 0 Å². The molecule has 0 bridgehead atoms. The van der Waals surface area contributed by atoms with Crippen LogP contribution in [0.15, 0.2) is 0 Å². The summed E-state index contributed by atoms with van der Waals surface area (Å²) in [6, 6.07) is 0. The third-order valence-electron chi connectivity index (χ3n) is 0.595. The minimum atomic E-state index is -0.773. The number of hydrogen-bond donors (Lipinski definition) is 2. The van der Waals surface area contributed by atoms with E-state index in [-0.39, 0.29) is 6.42 Å². The number of carboxylic acid groups (broad SMARTS) is 1. The van der Waals surface area contributed by atoms with Crippen LogP contribution in [0.25, 0.3) is 0 Å². The fourth-order valence-corrected chi connectivity index (χ4v) is 0.253. The summed E-state index contributed by atoms with van der Waals surface area (Å²) < 4.78 is 0.